The van der Waals surface area contributed by atoms with Gasteiger partial charge in [0.1, 0.15) is 5.71 Å². The molecule has 4 rings (SSSR count). The van der Waals surface area contributed by atoms with Gasteiger partial charge in [0, 0.05) is 23.2 Å². The van der Waals surface area contributed by atoms with Crippen molar-refractivity contribution in [1.29, 1.82) is 0 Å². The van der Waals surface area contributed by atoms with Gasteiger partial charge >= 0.3 is 5.97 Å². The summed E-state index contributed by atoms with van der Waals surface area (Å²) in [6, 6.07) is 10.7. The van der Waals surface area contributed by atoms with Crippen LogP contribution < -0.4 is 20.5 Å². The molecule has 2 aromatic rings. The number of nitrogens with one attached hydrogen (secondary N) is 1. The van der Waals surface area contributed by atoms with Gasteiger partial charge in [-0.3, -0.25) is 4.79 Å². The van der Waals surface area contributed by atoms with Crippen molar-refractivity contribution < 1.29 is 24.2 Å². The van der Waals surface area contributed by atoms with Gasteiger partial charge in [0.05, 0.1) is 6.54 Å². The van der Waals surface area contributed by atoms with E-state index in [0.717, 1.165) is 22.4 Å². The molecule has 0 unspecified atom stereocenters. The van der Waals surface area contributed by atoms with Gasteiger partial charge in [-0.1, -0.05) is 12.1 Å². The van der Waals surface area contributed by atoms with E-state index in [1.165, 1.54) is 0 Å². The molecule has 0 atom stereocenters. The van der Waals surface area contributed by atoms with Crippen molar-refractivity contribution in [2.75, 3.05) is 18.7 Å². The highest BCUT2D eigenvalue weighted by Crippen LogP contribution is 2.36. The van der Waals surface area contributed by atoms with Crippen LogP contribution >= 0.6 is 0 Å². The number of ether oxygens (including phenoxy) is 2. The van der Waals surface area contributed by atoms with Crippen molar-refractivity contribution in [2.45, 2.75) is 6.42 Å². The average molecular weight is 380 g/mol. The molecule has 2 heterocycles. The second kappa shape index (κ2) is 7.03. The van der Waals surface area contributed by atoms with Crippen molar-refractivity contribution in [3.63, 3.8) is 0 Å². The molecule has 0 saturated carbocycles. The predicted octanol–water partition coefficient (Wildman–Crippen LogP) is 1.15. The van der Waals surface area contributed by atoms with Gasteiger partial charge in [-0.05, 0) is 29.8 Å². The van der Waals surface area contributed by atoms with Crippen LogP contribution in [0.2, 0.25) is 0 Å². The molecule has 0 saturated heterocycles. The Hall–Kier alpha value is -3.88. The smallest absolute Gasteiger partial charge is 0.352 e. The van der Waals surface area contributed by atoms with Crippen LogP contribution in [-0.2, 0) is 16.0 Å². The van der Waals surface area contributed by atoms with E-state index < -0.39 is 11.9 Å². The van der Waals surface area contributed by atoms with E-state index >= 15 is 0 Å². The molecule has 2 aliphatic rings. The minimum atomic E-state index is -1.13. The highest BCUT2D eigenvalue weighted by Gasteiger charge is 2.25. The first kappa shape index (κ1) is 17.5. The summed E-state index contributed by atoms with van der Waals surface area (Å²) < 4.78 is 10.9. The normalized spacial score (nSPS) is 14.4. The highest BCUT2D eigenvalue weighted by atomic mass is 16.7. The summed E-state index contributed by atoms with van der Waals surface area (Å²) in [6.07, 6.45) is 0.118. The number of carboxylic acid groups (broad SMARTS) is 1. The Bertz CT molecular complexity index is 1030. The van der Waals surface area contributed by atoms with Gasteiger partial charge in [-0.25, -0.2) is 4.79 Å². The molecular weight excluding hydrogens is 364 g/mol. The summed E-state index contributed by atoms with van der Waals surface area (Å²) in [6.45, 7) is 0.143. The first-order chi connectivity index (χ1) is 13.5. The van der Waals surface area contributed by atoms with Crippen molar-refractivity contribution in [3.05, 3.63) is 53.1 Å². The lowest BCUT2D eigenvalue weighted by atomic mass is 9.94. The summed E-state index contributed by atoms with van der Waals surface area (Å²) in [5.74, 6) is -0.446. The Morgan fingerprint density at radius 2 is 1.82 bits per heavy atom. The SMILES string of the molecule is NC(=O)CNc1ccc(C2=NN=C(C(=O)O)Cc3cc4c(cc32)OCO4)cc1. The number of amides is 1. The van der Waals surface area contributed by atoms with Crippen molar-refractivity contribution >= 4 is 29.0 Å². The highest BCUT2D eigenvalue weighted by molar-refractivity contribution is 6.36. The van der Waals surface area contributed by atoms with Crippen LogP contribution in [0.5, 0.6) is 11.5 Å². The van der Waals surface area contributed by atoms with E-state index in [1.54, 1.807) is 36.4 Å². The lowest BCUT2D eigenvalue weighted by molar-refractivity contribution is -0.129. The van der Waals surface area contributed by atoms with E-state index in [1.807, 2.05) is 0 Å². The van der Waals surface area contributed by atoms with Gasteiger partial charge in [-0.15, -0.1) is 10.2 Å². The Kier molecular flexibility index (Phi) is 4.40. The fraction of sp³-hybridized carbons (Fsp3) is 0.158. The van der Waals surface area contributed by atoms with Crippen molar-refractivity contribution in [2.24, 2.45) is 15.9 Å². The molecule has 9 heteroatoms. The topological polar surface area (TPSA) is 136 Å². The number of anilines is 1. The molecule has 0 aliphatic carbocycles. The van der Waals surface area contributed by atoms with Crippen LogP contribution in [0.4, 0.5) is 5.69 Å². The third kappa shape index (κ3) is 3.37. The van der Waals surface area contributed by atoms with Crippen LogP contribution in [0.3, 0.4) is 0 Å². The number of hydrogen-bond donors (Lipinski definition) is 3. The fourth-order valence-corrected chi connectivity index (χ4v) is 3.00. The van der Waals surface area contributed by atoms with Gasteiger partial charge in [0.25, 0.3) is 0 Å². The molecule has 1 amide bonds. The lowest BCUT2D eigenvalue weighted by Crippen LogP contribution is -2.21. The predicted molar refractivity (Wildman–Crippen MR) is 101 cm³/mol. The Labute approximate surface area is 159 Å². The van der Waals surface area contributed by atoms with Crippen LogP contribution in [0.1, 0.15) is 16.7 Å². The monoisotopic (exact) mass is 380 g/mol. The van der Waals surface area contributed by atoms with Crippen LogP contribution in [0.15, 0.2) is 46.6 Å². The summed E-state index contributed by atoms with van der Waals surface area (Å²) in [4.78, 5) is 22.4. The van der Waals surface area contributed by atoms with Crippen molar-refractivity contribution in [1.82, 2.24) is 0 Å². The zero-order valence-electron chi connectivity index (χ0n) is 14.6. The molecule has 0 spiro atoms. The number of carbonyl (C=O) groups is 2. The van der Waals surface area contributed by atoms with E-state index in [4.69, 9.17) is 15.2 Å². The maximum absolute atomic E-state index is 11.5. The number of carboxylic acids is 1. The van der Waals surface area contributed by atoms with Gasteiger partial charge in [0.2, 0.25) is 12.7 Å². The number of rotatable bonds is 5. The largest absolute Gasteiger partial charge is 0.477 e. The number of aliphatic carboxylic acids is 1. The zero-order valence-corrected chi connectivity index (χ0v) is 14.6. The van der Waals surface area contributed by atoms with Crippen LogP contribution in [0.25, 0.3) is 0 Å². The molecule has 4 N–H and O–H groups in total. The second-order valence-corrected chi connectivity index (χ2v) is 6.24. The summed E-state index contributed by atoms with van der Waals surface area (Å²) in [5.41, 5.74) is 8.51. The summed E-state index contributed by atoms with van der Waals surface area (Å²) in [5, 5.41) is 20.4. The van der Waals surface area contributed by atoms with E-state index in [0.29, 0.717) is 17.2 Å². The molecular formula is C19H16N4O5. The third-order valence-electron chi connectivity index (χ3n) is 4.35. The first-order valence-corrected chi connectivity index (χ1v) is 8.44. The van der Waals surface area contributed by atoms with Crippen molar-refractivity contribution in [3.8, 4) is 11.5 Å². The number of carbonyl (C=O) groups excluding carboxylic acids is 1. The second-order valence-electron chi connectivity index (χ2n) is 6.24. The molecule has 2 aliphatic heterocycles. The molecule has 2 aromatic carbocycles. The number of nitrogens with two attached hydrogens (primary N) is 1. The summed E-state index contributed by atoms with van der Waals surface area (Å²) in [7, 11) is 0. The van der Waals surface area contributed by atoms with Gasteiger partial charge in [-0.2, -0.15) is 0 Å². The average Bonchev–Trinajstić information content (AvgIpc) is 3.04. The molecule has 0 radical (unpaired) electrons. The quantitative estimate of drug-likeness (QED) is 0.712. The molecule has 0 fully saturated rings. The zero-order chi connectivity index (χ0) is 19.7. The Morgan fingerprint density at radius 3 is 2.50 bits per heavy atom. The number of primary amides is 1. The number of hydrogen-bond acceptors (Lipinski definition) is 7. The third-order valence-corrected chi connectivity index (χ3v) is 4.35. The summed E-state index contributed by atoms with van der Waals surface area (Å²) >= 11 is 0. The Balaban J connectivity index is 1.75. The number of benzene rings is 2. The molecule has 9 nitrogen and oxygen atoms in total. The molecule has 0 aromatic heterocycles. The van der Waals surface area contributed by atoms with E-state index in [2.05, 4.69) is 15.5 Å². The number of nitrogens with zero attached hydrogens (tertiary/aromatic N) is 2. The van der Waals surface area contributed by atoms with Crippen LogP contribution in [0, 0.1) is 0 Å². The lowest BCUT2D eigenvalue weighted by Gasteiger charge is -2.11. The maximum Gasteiger partial charge on any atom is 0.352 e. The van der Waals surface area contributed by atoms with E-state index in [9.17, 15) is 14.7 Å². The minimum absolute atomic E-state index is 0.0267. The Morgan fingerprint density at radius 1 is 1.11 bits per heavy atom. The number of fused-ring (bicyclic) bond motifs is 2. The minimum Gasteiger partial charge on any atom is -0.477 e. The standard InChI is InChI=1S/C19H16N4O5/c20-17(24)8-21-12-3-1-10(2-4-12)18-13-7-16-15(27-9-28-16)6-11(13)5-14(19(25)26)22-23-18/h1-4,6-7,21H,5,8-9H2,(H2,20,24)(H,25,26). The first-order valence-electron chi connectivity index (χ1n) is 8.44. The molecule has 0 bridgehead atoms. The fourth-order valence-electron chi connectivity index (χ4n) is 3.00. The molecule has 28 heavy (non-hydrogen) atoms. The van der Waals surface area contributed by atoms with Crippen LogP contribution in [-0.4, -0.2) is 41.7 Å². The van der Waals surface area contributed by atoms with Gasteiger partial charge in [0.15, 0.2) is 17.2 Å². The maximum atomic E-state index is 11.5. The van der Waals surface area contributed by atoms with Gasteiger partial charge < -0.3 is 25.6 Å². The van der Waals surface area contributed by atoms with E-state index in [-0.39, 0.29) is 25.5 Å². The molecule has 142 valence electrons.